The van der Waals surface area contributed by atoms with Gasteiger partial charge in [-0.15, -0.1) is 0 Å². The highest BCUT2D eigenvalue weighted by Crippen LogP contribution is 2.36. The van der Waals surface area contributed by atoms with E-state index in [1.54, 1.807) is 54.3 Å². The lowest BCUT2D eigenvalue weighted by molar-refractivity contribution is 0.0344. The van der Waals surface area contributed by atoms with Gasteiger partial charge in [-0.05, 0) is 61.9 Å². The van der Waals surface area contributed by atoms with Gasteiger partial charge in [0.2, 0.25) is 0 Å². The number of hydrogen-bond acceptors (Lipinski definition) is 6. The maximum Gasteiger partial charge on any atom is 0.262 e. The van der Waals surface area contributed by atoms with Crippen LogP contribution in [0, 0.1) is 12.8 Å². The fraction of sp³-hybridized carbons (Fsp3) is 0.306. The summed E-state index contributed by atoms with van der Waals surface area (Å²) in [4.78, 5) is 17.7. The largest absolute Gasteiger partial charge is 0.486 e. The lowest BCUT2D eigenvalue weighted by Gasteiger charge is -2.38. The quantitative estimate of drug-likeness (QED) is 0.230. The SMILES string of the molecule is Cc1ccc(S(=O)(=O)Nc2cccc3c2O[C@H](CN(C)Cc2ccc(-c4ccccc4)cc2)[C@@H](C)CN([C@H](C)CO)C3=O)cc1. The molecule has 0 unspecified atom stereocenters. The number of para-hydroxylation sites is 1. The summed E-state index contributed by atoms with van der Waals surface area (Å²) >= 11 is 0. The summed E-state index contributed by atoms with van der Waals surface area (Å²) < 4.78 is 36.1. The highest BCUT2D eigenvalue weighted by Gasteiger charge is 2.35. The number of aryl methyl sites for hydroxylation is 1. The Labute approximate surface area is 266 Å². The van der Waals surface area contributed by atoms with Crippen LogP contribution in [-0.4, -0.2) is 68.1 Å². The third kappa shape index (κ3) is 7.56. The van der Waals surface area contributed by atoms with Crippen molar-refractivity contribution in [2.45, 2.75) is 44.4 Å². The first-order chi connectivity index (χ1) is 21.6. The Morgan fingerprint density at radius 2 is 1.62 bits per heavy atom. The summed E-state index contributed by atoms with van der Waals surface area (Å²) in [6, 6.07) is 29.8. The summed E-state index contributed by atoms with van der Waals surface area (Å²) in [6.45, 7) is 7.09. The molecule has 236 valence electrons. The first-order valence-corrected chi connectivity index (χ1v) is 16.7. The Kier molecular flexibility index (Phi) is 9.92. The number of ether oxygens (including phenoxy) is 1. The van der Waals surface area contributed by atoms with Crippen LogP contribution < -0.4 is 9.46 Å². The van der Waals surface area contributed by atoms with E-state index in [-0.39, 0.29) is 46.4 Å². The second-order valence-electron chi connectivity index (χ2n) is 12.0. The van der Waals surface area contributed by atoms with Crippen molar-refractivity contribution in [3.8, 4) is 16.9 Å². The molecular formula is C36H41N3O5S. The number of sulfonamides is 1. The molecule has 1 heterocycles. The predicted molar refractivity (Wildman–Crippen MR) is 178 cm³/mol. The van der Waals surface area contributed by atoms with Gasteiger partial charge in [-0.25, -0.2) is 8.42 Å². The van der Waals surface area contributed by atoms with E-state index in [4.69, 9.17) is 4.74 Å². The zero-order chi connectivity index (χ0) is 32.1. The van der Waals surface area contributed by atoms with Gasteiger partial charge >= 0.3 is 0 Å². The number of anilines is 1. The number of aliphatic hydroxyl groups excluding tert-OH is 1. The topological polar surface area (TPSA) is 99.2 Å². The lowest BCUT2D eigenvalue weighted by atomic mass is 9.98. The molecule has 0 saturated heterocycles. The van der Waals surface area contributed by atoms with Gasteiger partial charge in [0.1, 0.15) is 6.10 Å². The van der Waals surface area contributed by atoms with Gasteiger partial charge in [-0.2, -0.15) is 0 Å². The minimum atomic E-state index is -3.96. The van der Waals surface area contributed by atoms with Gasteiger partial charge in [0, 0.05) is 25.6 Å². The normalized spacial score (nSPS) is 17.6. The highest BCUT2D eigenvalue weighted by atomic mass is 32.2. The van der Waals surface area contributed by atoms with E-state index in [0.29, 0.717) is 19.6 Å². The number of likely N-dealkylation sites (N-methyl/N-ethyl adjacent to an activating group) is 1. The molecule has 5 rings (SSSR count). The first-order valence-electron chi connectivity index (χ1n) is 15.2. The monoisotopic (exact) mass is 627 g/mol. The van der Waals surface area contributed by atoms with E-state index in [1.165, 1.54) is 0 Å². The predicted octanol–water partition coefficient (Wildman–Crippen LogP) is 5.81. The maximum absolute atomic E-state index is 13.8. The molecule has 0 spiro atoms. The van der Waals surface area contributed by atoms with Gasteiger partial charge < -0.3 is 14.7 Å². The van der Waals surface area contributed by atoms with Crippen LogP contribution in [0.3, 0.4) is 0 Å². The summed E-state index contributed by atoms with van der Waals surface area (Å²) in [5.41, 5.74) is 4.84. The first kappa shape index (κ1) is 32.2. The molecule has 3 atom stereocenters. The molecule has 0 radical (unpaired) electrons. The Morgan fingerprint density at radius 3 is 2.29 bits per heavy atom. The molecule has 9 heteroatoms. The third-order valence-electron chi connectivity index (χ3n) is 8.27. The average Bonchev–Trinajstić information content (AvgIpc) is 3.03. The Bertz CT molecular complexity index is 1710. The van der Waals surface area contributed by atoms with Crippen molar-refractivity contribution >= 4 is 21.6 Å². The number of carbonyl (C=O) groups is 1. The van der Waals surface area contributed by atoms with Crippen LogP contribution in [0.15, 0.2) is 102 Å². The molecule has 1 aliphatic rings. The van der Waals surface area contributed by atoms with Crippen molar-refractivity contribution in [1.82, 2.24) is 9.80 Å². The van der Waals surface area contributed by atoms with Crippen molar-refractivity contribution in [3.05, 3.63) is 114 Å². The van der Waals surface area contributed by atoms with E-state index in [0.717, 1.165) is 22.3 Å². The van der Waals surface area contributed by atoms with Crippen molar-refractivity contribution in [2.24, 2.45) is 5.92 Å². The molecule has 2 N–H and O–H groups in total. The fourth-order valence-corrected chi connectivity index (χ4v) is 6.64. The zero-order valence-corrected chi connectivity index (χ0v) is 27.0. The smallest absolute Gasteiger partial charge is 0.262 e. The summed E-state index contributed by atoms with van der Waals surface area (Å²) in [5, 5.41) is 10.00. The van der Waals surface area contributed by atoms with Crippen molar-refractivity contribution in [2.75, 3.05) is 31.5 Å². The van der Waals surface area contributed by atoms with Crippen LogP contribution in [0.1, 0.15) is 35.3 Å². The van der Waals surface area contributed by atoms with E-state index >= 15 is 0 Å². The number of hydrogen-bond donors (Lipinski definition) is 2. The van der Waals surface area contributed by atoms with Crippen LogP contribution in [0.2, 0.25) is 0 Å². The van der Waals surface area contributed by atoms with Gasteiger partial charge in [-0.1, -0.05) is 85.3 Å². The third-order valence-corrected chi connectivity index (χ3v) is 9.65. The summed E-state index contributed by atoms with van der Waals surface area (Å²) in [7, 11) is -1.94. The van der Waals surface area contributed by atoms with E-state index in [1.807, 2.05) is 39.1 Å². The van der Waals surface area contributed by atoms with Crippen LogP contribution in [0.25, 0.3) is 11.1 Å². The highest BCUT2D eigenvalue weighted by molar-refractivity contribution is 7.92. The number of fused-ring (bicyclic) bond motifs is 1. The van der Waals surface area contributed by atoms with E-state index in [9.17, 15) is 18.3 Å². The van der Waals surface area contributed by atoms with E-state index < -0.39 is 16.1 Å². The van der Waals surface area contributed by atoms with Gasteiger partial charge in [0.05, 0.1) is 28.8 Å². The minimum absolute atomic E-state index is 0.112. The lowest BCUT2D eigenvalue weighted by Crippen LogP contribution is -2.49. The second kappa shape index (κ2) is 13.9. The molecule has 45 heavy (non-hydrogen) atoms. The fourth-order valence-electron chi connectivity index (χ4n) is 5.58. The maximum atomic E-state index is 13.8. The Balaban J connectivity index is 1.42. The Hall–Kier alpha value is -4.18. The molecular weight excluding hydrogens is 586 g/mol. The molecule has 0 aliphatic carbocycles. The molecule has 0 bridgehead atoms. The van der Waals surface area contributed by atoms with Crippen LogP contribution in [0.5, 0.6) is 5.75 Å². The van der Waals surface area contributed by atoms with Crippen molar-refractivity contribution < 1.29 is 23.1 Å². The summed E-state index contributed by atoms with van der Waals surface area (Å²) in [5.74, 6) is -0.258. The standard InChI is InChI=1S/C36H41N3O5S/c1-25-13-19-31(20-14-25)45(42,43)37-33-12-8-11-32-35(33)44-34(26(2)21-39(36(32)41)27(3)24-40)23-38(4)22-28-15-17-30(18-16-28)29-9-6-5-7-10-29/h5-20,26-27,34,37,40H,21-24H2,1-4H3/t26-,27+,34+/m0/s1. The van der Waals surface area contributed by atoms with Gasteiger partial charge in [0.15, 0.2) is 5.75 Å². The number of amides is 1. The molecule has 4 aromatic carbocycles. The van der Waals surface area contributed by atoms with Crippen molar-refractivity contribution in [1.29, 1.82) is 0 Å². The summed E-state index contributed by atoms with van der Waals surface area (Å²) in [6.07, 6.45) is -0.385. The van der Waals surface area contributed by atoms with E-state index in [2.05, 4.69) is 46.0 Å². The molecule has 0 fully saturated rings. The molecule has 0 aromatic heterocycles. The number of benzene rings is 4. The number of rotatable bonds is 10. The van der Waals surface area contributed by atoms with Crippen LogP contribution in [0.4, 0.5) is 5.69 Å². The zero-order valence-electron chi connectivity index (χ0n) is 26.2. The number of nitrogens with zero attached hydrogens (tertiary/aromatic N) is 2. The minimum Gasteiger partial charge on any atom is -0.486 e. The van der Waals surface area contributed by atoms with Crippen molar-refractivity contribution in [3.63, 3.8) is 0 Å². The molecule has 8 nitrogen and oxygen atoms in total. The molecule has 1 aliphatic heterocycles. The number of aliphatic hydroxyl groups is 1. The number of carbonyl (C=O) groups excluding carboxylic acids is 1. The molecule has 1 amide bonds. The molecule has 4 aromatic rings. The Morgan fingerprint density at radius 1 is 0.956 bits per heavy atom. The van der Waals surface area contributed by atoms with Gasteiger partial charge in [0.25, 0.3) is 15.9 Å². The second-order valence-corrected chi connectivity index (χ2v) is 13.7. The van der Waals surface area contributed by atoms with Crippen LogP contribution in [-0.2, 0) is 16.6 Å². The average molecular weight is 628 g/mol. The number of nitrogens with one attached hydrogen (secondary N) is 1. The van der Waals surface area contributed by atoms with Gasteiger partial charge in [-0.3, -0.25) is 14.4 Å². The van der Waals surface area contributed by atoms with Crippen LogP contribution >= 0.6 is 0 Å². The molecule has 0 saturated carbocycles.